The summed E-state index contributed by atoms with van der Waals surface area (Å²) in [7, 11) is 0. The van der Waals surface area contributed by atoms with Gasteiger partial charge in [0.2, 0.25) is 0 Å². The fourth-order valence-corrected chi connectivity index (χ4v) is 3.38. The summed E-state index contributed by atoms with van der Waals surface area (Å²) < 4.78 is 1.88. The maximum absolute atomic E-state index is 11.9. The molecule has 1 heterocycles. The zero-order valence-corrected chi connectivity index (χ0v) is 12.6. The van der Waals surface area contributed by atoms with Gasteiger partial charge in [0.25, 0.3) is 0 Å². The van der Waals surface area contributed by atoms with E-state index in [-0.39, 0.29) is 5.92 Å². The van der Waals surface area contributed by atoms with Crippen molar-refractivity contribution >= 4 is 5.97 Å². The van der Waals surface area contributed by atoms with Crippen LogP contribution in [0.15, 0.2) is 42.9 Å². The largest absolute Gasteiger partial charge is 0.481 e. The Labute approximate surface area is 129 Å². The van der Waals surface area contributed by atoms with Crippen LogP contribution in [0.25, 0.3) is 5.69 Å². The summed E-state index contributed by atoms with van der Waals surface area (Å²) in [5, 5.41) is 9.74. The van der Waals surface area contributed by atoms with Crippen molar-refractivity contribution in [3.8, 4) is 5.69 Å². The maximum atomic E-state index is 11.9. The van der Waals surface area contributed by atoms with E-state index in [0.29, 0.717) is 24.6 Å². The Hall–Kier alpha value is -2.14. The second-order valence-electron chi connectivity index (χ2n) is 6.14. The van der Waals surface area contributed by atoms with Crippen LogP contribution in [0, 0.1) is 11.8 Å². The molecule has 3 N–H and O–H groups in total. The van der Waals surface area contributed by atoms with E-state index in [0.717, 1.165) is 12.1 Å². The van der Waals surface area contributed by atoms with Crippen molar-refractivity contribution in [3.63, 3.8) is 0 Å². The molecule has 3 unspecified atom stereocenters. The normalized spacial score (nSPS) is 24.9. The molecule has 3 rings (SSSR count). The highest BCUT2D eigenvalue weighted by atomic mass is 16.4. The minimum atomic E-state index is -0.839. The molecule has 1 saturated carbocycles. The van der Waals surface area contributed by atoms with E-state index >= 15 is 0 Å². The van der Waals surface area contributed by atoms with Gasteiger partial charge in [0.05, 0.1) is 12.0 Å². The average Bonchev–Trinajstić information content (AvgIpc) is 3.10. The highest BCUT2D eigenvalue weighted by Gasteiger charge is 2.64. The van der Waals surface area contributed by atoms with Gasteiger partial charge in [0.15, 0.2) is 0 Å². The first kappa shape index (κ1) is 14.8. The van der Waals surface area contributed by atoms with E-state index in [4.69, 9.17) is 5.73 Å². The predicted octanol–water partition coefficient (Wildman–Crippen LogP) is 2.20. The van der Waals surface area contributed by atoms with Gasteiger partial charge in [-0.25, -0.2) is 4.98 Å². The number of benzene rings is 1. The second-order valence-corrected chi connectivity index (χ2v) is 6.14. The molecule has 1 aromatic carbocycles. The molecule has 3 atom stereocenters. The number of hydrogen-bond acceptors (Lipinski definition) is 3. The number of nitrogens with zero attached hydrogens (tertiary/aromatic N) is 2. The lowest BCUT2D eigenvalue weighted by Crippen LogP contribution is -2.25. The zero-order valence-electron chi connectivity index (χ0n) is 12.6. The van der Waals surface area contributed by atoms with Crippen molar-refractivity contribution in [1.82, 2.24) is 9.55 Å². The molecule has 1 aliphatic rings. The van der Waals surface area contributed by atoms with Crippen LogP contribution in [0.1, 0.15) is 25.5 Å². The summed E-state index contributed by atoms with van der Waals surface area (Å²) in [5.74, 6) is -0.365. The number of nitrogens with two attached hydrogens (primary N) is 1. The lowest BCUT2D eigenvalue weighted by Gasteiger charge is -2.14. The molecule has 0 saturated heterocycles. The molecule has 0 radical (unpaired) electrons. The van der Waals surface area contributed by atoms with Gasteiger partial charge in [-0.1, -0.05) is 25.1 Å². The Balaban J connectivity index is 1.89. The third kappa shape index (κ3) is 2.31. The number of para-hydroxylation sites is 1. The fourth-order valence-electron chi connectivity index (χ4n) is 3.38. The van der Waals surface area contributed by atoms with E-state index in [1.54, 1.807) is 6.33 Å². The van der Waals surface area contributed by atoms with Gasteiger partial charge >= 0.3 is 5.97 Å². The van der Waals surface area contributed by atoms with Gasteiger partial charge in [0, 0.05) is 11.9 Å². The second kappa shape index (κ2) is 5.57. The number of imidazole rings is 1. The summed E-state index contributed by atoms with van der Waals surface area (Å²) in [5.41, 5.74) is 6.40. The molecule has 5 heteroatoms. The highest BCUT2D eigenvalue weighted by molar-refractivity contribution is 5.85. The molecule has 1 aliphatic carbocycles. The van der Waals surface area contributed by atoms with Crippen molar-refractivity contribution in [2.24, 2.45) is 17.6 Å². The Kier molecular flexibility index (Phi) is 3.74. The van der Waals surface area contributed by atoms with Gasteiger partial charge in [-0.05, 0) is 43.4 Å². The molecule has 0 amide bonds. The number of carbonyl (C=O) groups is 1. The molecule has 0 aliphatic heterocycles. The van der Waals surface area contributed by atoms with Gasteiger partial charge in [-0.3, -0.25) is 4.79 Å². The molecular formula is C17H21N3O2. The average molecular weight is 299 g/mol. The summed E-state index contributed by atoms with van der Waals surface area (Å²) in [6.45, 7) is 2.67. The van der Waals surface area contributed by atoms with Crippen molar-refractivity contribution in [3.05, 3.63) is 48.5 Å². The van der Waals surface area contributed by atoms with Gasteiger partial charge in [-0.15, -0.1) is 0 Å². The molecule has 0 bridgehead atoms. The molecule has 0 spiro atoms. The van der Waals surface area contributed by atoms with Crippen LogP contribution < -0.4 is 5.73 Å². The van der Waals surface area contributed by atoms with E-state index in [2.05, 4.69) is 11.9 Å². The summed E-state index contributed by atoms with van der Waals surface area (Å²) in [6, 6.07) is 9.79. The molecule has 5 nitrogen and oxygen atoms in total. The summed E-state index contributed by atoms with van der Waals surface area (Å²) >= 11 is 0. The topological polar surface area (TPSA) is 81.1 Å². The van der Waals surface area contributed by atoms with Crippen LogP contribution in [0.4, 0.5) is 0 Å². The number of rotatable bonds is 6. The highest BCUT2D eigenvalue weighted by Crippen LogP contribution is 2.58. The third-order valence-electron chi connectivity index (χ3n) is 4.80. The van der Waals surface area contributed by atoms with Gasteiger partial charge < -0.3 is 15.4 Å². The molecule has 116 valence electrons. The zero-order chi connectivity index (χ0) is 15.7. The first-order valence-corrected chi connectivity index (χ1v) is 7.63. The van der Waals surface area contributed by atoms with E-state index in [1.807, 2.05) is 41.1 Å². The van der Waals surface area contributed by atoms with E-state index < -0.39 is 11.4 Å². The summed E-state index contributed by atoms with van der Waals surface area (Å²) in [6.07, 6.45) is 5.03. The molecule has 2 aromatic rings. The first-order chi connectivity index (χ1) is 10.6. The van der Waals surface area contributed by atoms with Crippen LogP contribution in [0.3, 0.4) is 0 Å². The van der Waals surface area contributed by atoms with Crippen LogP contribution in [0.2, 0.25) is 0 Å². The number of hydrogen-bond donors (Lipinski definition) is 2. The Bertz CT molecular complexity index is 668. The monoisotopic (exact) mass is 299 g/mol. The minimum absolute atomic E-state index is 0.118. The lowest BCUT2D eigenvalue weighted by atomic mass is 9.91. The van der Waals surface area contributed by atoms with E-state index in [9.17, 15) is 9.90 Å². The van der Waals surface area contributed by atoms with Crippen LogP contribution in [0.5, 0.6) is 0 Å². The standard InChI is InChI=1S/C17H21N3O2/c1-12(7-8-18)14-9-17(14,16(21)22)15-10-20(11-19-15)13-5-3-2-4-6-13/h2-6,10-12,14H,7-9,18H2,1H3,(H,21,22). The number of carboxylic acids is 1. The summed E-state index contributed by atoms with van der Waals surface area (Å²) in [4.78, 5) is 16.3. The first-order valence-electron chi connectivity index (χ1n) is 7.63. The Morgan fingerprint density at radius 1 is 1.50 bits per heavy atom. The maximum Gasteiger partial charge on any atom is 0.316 e. The molecule has 1 aromatic heterocycles. The van der Waals surface area contributed by atoms with Crippen molar-refractivity contribution in [1.29, 1.82) is 0 Å². The third-order valence-corrected chi connectivity index (χ3v) is 4.80. The minimum Gasteiger partial charge on any atom is -0.481 e. The van der Waals surface area contributed by atoms with Crippen LogP contribution in [-0.2, 0) is 10.2 Å². The Morgan fingerprint density at radius 2 is 2.23 bits per heavy atom. The number of carboxylic acid groups (broad SMARTS) is 1. The quantitative estimate of drug-likeness (QED) is 0.857. The van der Waals surface area contributed by atoms with Crippen LogP contribution in [-0.4, -0.2) is 27.2 Å². The molecule has 22 heavy (non-hydrogen) atoms. The fraction of sp³-hybridized carbons (Fsp3) is 0.412. The SMILES string of the molecule is CC(CCN)C1CC1(C(=O)O)c1cn(-c2ccccc2)cn1. The molecular weight excluding hydrogens is 278 g/mol. The number of aliphatic carboxylic acids is 1. The lowest BCUT2D eigenvalue weighted by molar-refractivity contribution is -0.140. The molecule has 1 fully saturated rings. The smallest absolute Gasteiger partial charge is 0.316 e. The van der Waals surface area contributed by atoms with E-state index in [1.165, 1.54) is 0 Å². The Morgan fingerprint density at radius 3 is 2.86 bits per heavy atom. The van der Waals surface area contributed by atoms with Gasteiger partial charge in [0.1, 0.15) is 5.41 Å². The van der Waals surface area contributed by atoms with Crippen LogP contribution >= 0.6 is 0 Å². The predicted molar refractivity (Wildman–Crippen MR) is 83.8 cm³/mol. The van der Waals surface area contributed by atoms with Gasteiger partial charge in [-0.2, -0.15) is 0 Å². The van der Waals surface area contributed by atoms with Crippen molar-refractivity contribution < 1.29 is 9.90 Å². The van der Waals surface area contributed by atoms with Crippen molar-refractivity contribution in [2.45, 2.75) is 25.2 Å². The number of aromatic nitrogens is 2. The van der Waals surface area contributed by atoms with Crippen molar-refractivity contribution in [2.75, 3.05) is 6.54 Å².